The summed E-state index contributed by atoms with van der Waals surface area (Å²) < 4.78 is 0. The standard InChI is InChI=1S/C20H23NO/c1-15-10-12-18(13-11-15)21-14-17-8-5-9-19(20(17)22)16-6-3-2-4-7-16/h5,8-14,16,22H,2-4,6-7H2,1H3. The lowest BCUT2D eigenvalue weighted by Gasteiger charge is -2.23. The highest BCUT2D eigenvalue weighted by atomic mass is 16.3. The van der Waals surface area contributed by atoms with Gasteiger partial charge in [-0.05, 0) is 49.4 Å². The fourth-order valence-electron chi connectivity index (χ4n) is 3.20. The largest absolute Gasteiger partial charge is 0.507 e. The second-order valence-corrected chi connectivity index (χ2v) is 6.21. The lowest BCUT2D eigenvalue weighted by molar-refractivity contribution is 0.414. The number of hydrogen-bond donors (Lipinski definition) is 1. The molecule has 2 aromatic carbocycles. The summed E-state index contributed by atoms with van der Waals surface area (Å²) in [6, 6.07) is 14.1. The Bertz CT molecular complexity index is 652. The predicted octanol–water partition coefficient (Wildman–Crippen LogP) is 5.50. The zero-order valence-corrected chi connectivity index (χ0v) is 13.1. The van der Waals surface area contributed by atoms with Crippen molar-refractivity contribution in [3.05, 3.63) is 59.2 Å². The maximum Gasteiger partial charge on any atom is 0.127 e. The van der Waals surface area contributed by atoms with Crippen LogP contribution in [0.2, 0.25) is 0 Å². The normalized spacial score (nSPS) is 16.2. The van der Waals surface area contributed by atoms with Gasteiger partial charge < -0.3 is 5.11 Å². The first kappa shape index (κ1) is 14.8. The quantitative estimate of drug-likeness (QED) is 0.745. The smallest absolute Gasteiger partial charge is 0.127 e. The van der Waals surface area contributed by atoms with E-state index in [0.717, 1.165) is 16.8 Å². The van der Waals surface area contributed by atoms with Crippen molar-refractivity contribution >= 4 is 11.9 Å². The first-order valence-corrected chi connectivity index (χ1v) is 8.16. The van der Waals surface area contributed by atoms with E-state index in [-0.39, 0.29) is 0 Å². The van der Waals surface area contributed by atoms with Crippen molar-refractivity contribution in [2.75, 3.05) is 0 Å². The lowest BCUT2D eigenvalue weighted by atomic mass is 9.83. The molecule has 1 aliphatic rings. The van der Waals surface area contributed by atoms with Crippen LogP contribution in [-0.4, -0.2) is 11.3 Å². The number of benzene rings is 2. The Morgan fingerprint density at radius 1 is 1.00 bits per heavy atom. The average Bonchev–Trinajstić information content (AvgIpc) is 2.56. The Morgan fingerprint density at radius 3 is 2.45 bits per heavy atom. The molecule has 1 aliphatic carbocycles. The Balaban J connectivity index is 1.83. The molecule has 2 nitrogen and oxygen atoms in total. The number of phenols is 1. The van der Waals surface area contributed by atoms with Crippen LogP contribution in [0.4, 0.5) is 5.69 Å². The summed E-state index contributed by atoms with van der Waals surface area (Å²) in [7, 11) is 0. The summed E-state index contributed by atoms with van der Waals surface area (Å²) in [6.07, 6.45) is 8.01. The molecule has 114 valence electrons. The molecule has 2 heteroatoms. The summed E-state index contributed by atoms with van der Waals surface area (Å²) in [5, 5.41) is 10.6. The Hall–Kier alpha value is -2.09. The summed E-state index contributed by atoms with van der Waals surface area (Å²) in [6.45, 7) is 2.06. The SMILES string of the molecule is Cc1ccc(N=Cc2cccc(C3CCCCC3)c2O)cc1. The summed E-state index contributed by atoms with van der Waals surface area (Å²) >= 11 is 0. The van der Waals surface area contributed by atoms with Crippen LogP contribution in [0.1, 0.15) is 54.7 Å². The molecule has 0 spiro atoms. The monoisotopic (exact) mass is 293 g/mol. The van der Waals surface area contributed by atoms with Gasteiger partial charge >= 0.3 is 0 Å². The number of nitrogens with zero attached hydrogens (tertiary/aromatic N) is 1. The molecule has 0 saturated heterocycles. The molecule has 22 heavy (non-hydrogen) atoms. The van der Waals surface area contributed by atoms with E-state index in [1.807, 2.05) is 36.4 Å². The van der Waals surface area contributed by atoms with Gasteiger partial charge in [0.25, 0.3) is 0 Å². The molecule has 3 rings (SSSR count). The molecular formula is C20H23NO. The molecule has 1 N–H and O–H groups in total. The van der Waals surface area contributed by atoms with Gasteiger partial charge in [0.1, 0.15) is 5.75 Å². The van der Waals surface area contributed by atoms with E-state index in [0.29, 0.717) is 11.7 Å². The van der Waals surface area contributed by atoms with E-state index in [9.17, 15) is 5.11 Å². The maximum atomic E-state index is 10.6. The first-order valence-electron chi connectivity index (χ1n) is 8.16. The van der Waals surface area contributed by atoms with Crippen LogP contribution in [0.3, 0.4) is 0 Å². The van der Waals surface area contributed by atoms with E-state index in [1.54, 1.807) is 6.21 Å². The summed E-state index contributed by atoms with van der Waals surface area (Å²) in [5.41, 5.74) is 4.03. The van der Waals surface area contributed by atoms with Crippen molar-refractivity contribution in [1.82, 2.24) is 0 Å². The fourth-order valence-corrected chi connectivity index (χ4v) is 3.20. The van der Waals surface area contributed by atoms with Crippen molar-refractivity contribution in [2.45, 2.75) is 44.9 Å². The number of rotatable bonds is 3. The minimum absolute atomic E-state index is 0.408. The van der Waals surface area contributed by atoms with E-state index >= 15 is 0 Å². The van der Waals surface area contributed by atoms with Gasteiger partial charge in [0, 0.05) is 11.8 Å². The maximum absolute atomic E-state index is 10.6. The van der Waals surface area contributed by atoms with Crippen LogP contribution in [0.15, 0.2) is 47.5 Å². The molecule has 0 atom stereocenters. The average molecular weight is 293 g/mol. The van der Waals surface area contributed by atoms with Gasteiger partial charge in [0.05, 0.1) is 5.69 Å². The third kappa shape index (κ3) is 3.38. The van der Waals surface area contributed by atoms with Gasteiger partial charge in [-0.25, -0.2) is 0 Å². The van der Waals surface area contributed by atoms with E-state index in [2.05, 4.69) is 18.0 Å². The summed E-state index contributed by atoms with van der Waals surface area (Å²) in [5.74, 6) is 0.909. The van der Waals surface area contributed by atoms with Gasteiger partial charge in [-0.3, -0.25) is 4.99 Å². The Kier molecular flexibility index (Phi) is 4.57. The lowest BCUT2D eigenvalue weighted by Crippen LogP contribution is -2.05. The van der Waals surface area contributed by atoms with Crippen molar-refractivity contribution in [2.24, 2.45) is 4.99 Å². The first-order chi connectivity index (χ1) is 10.7. The van der Waals surface area contributed by atoms with Crippen molar-refractivity contribution in [1.29, 1.82) is 0 Å². The minimum Gasteiger partial charge on any atom is -0.507 e. The van der Waals surface area contributed by atoms with Crippen LogP contribution < -0.4 is 0 Å². The van der Waals surface area contributed by atoms with E-state index in [4.69, 9.17) is 0 Å². The number of aryl methyl sites for hydroxylation is 1. The van der Waals surface area contributed by atoms with E-state index in [1.165, 1.54) is 37.7 Å². The molecule has 0 amide bonds. The van der Waals surface area contributed by atoms with Gasteiger partial charge in [-0.2, -0.15) is 0 Å². The van der Waals surface area contributed by atoms with Gasteiger partial charge in [-0.15, -0.1) is 0 Å². The van der Waals surface area contributed by atoms with E-state index < -0.39 is 0 Å². The van der Waals surface area contributed by atoms with Gasteiger partial charge in [0.2, 0.25) is 0 Å². The zero-order valence-electron chi connectivity index (χ0n) is 13.1. The topological polar surface area (TPSA) is 32.6 Å². The van der Waals surface area contributed by atoms with Gasteiger partial charge in [0.15, 0.2) is 0 Å². The molecule has 0 aromatic heterocycles. The Morgan fingerprint density at radius 2 is 1.73 bits per heavy atom. The number of aromatic hydroxyl groups is 1. The number of para-hydroxylation sites is 1. The molecule has 0 heterocycles. The highest BCUT2D eigenvalue weighted by Crippen LogP contribution is 2.38. The molecule has 0 aliphatic heterocycles. The van der Waals surface area contributed by atoms with Crippen LogP contribution in [0, 0.1) is 6.92 Å². The van der Waals surface area contributed by atoms with Crippen LogP contribution in [0.5, 0.6) is 5.75 Å². The fraction of sp³-hybridized carbons (Fsp3) is 0.350. The molecule has 2 aromatic rings. The number of phenolic OH excluding ortho intramolecular Hbond substituents is 1. The molecule has 1 fully saturated rings. The van der Waals surface area contributed by atoms with Crippen molar-refractivity contribution in [3.63, 3.8) is 0 Å². The third-order valence-electron chi connectivity index (χ3n) is 4.53. The Labute approximate surface area is 132 Å². The molecule has 0 radical (unpaired) electrons. The highest BCUT2D eigenvalue weighted by Gasteiger charge is 2.19. The van der Waals surface area contributed by atoms with Gasteiger partial charge in [-0.1, -0.05) is 49.1 Å². The van der Waals surface area contributed by atoms with Crippen LogP contribution in [0.25, 0.3) is 0 Å². The van der Waals surface area contributed by atoms with Crippen LogP contribution >= 0.6 is 0 Å². The number of hydrogen-bond acceptors (Lipinski definition) is 2. The predicted molar refractivity (Wildman–Crippen MR) is 92.4 cm³/mol. The molecule has 0 bridgehead atoms. The second-order valence-electron chi connectivity index (χ2n) is 6.21. The molecular weight excluding hydrogens is 270 g/mol. The highest BCUT2D eigenvalue weighted by molar-refractivity contribution is 5.86. The van der Waals surface area contributed by atoms with Crippen molar-refractivity contribution in [3.8, 4) is 5.75 Å². The summed E-state index contributed by atoms with van der Waals surface area (Å²) in [4.78, 5) is 4.48. The van der Waals surface area contributed by atoms with Crippen LogP contribution in [-0.2, 0) is 0 Å². The minimum atomic E-state index is 0.408. The van der Waals surface area contributed by atoms with Crippen molar-refractivity contribution < 1.29 is 5.11 Å². The zero-order chi connectivity index (χ0) is 15.4. The number of aliphatic imine (C=N–C) groups is 1. The second kappa shape index (κ2) is 6.78. The third-order valence-corrected chi connectivity index (χ3v) is 4.53. The molecule has 1 saturated carbocycles. The molecule has 0 unspecified atom stereocenters.